The van der Waals surface area contributed by atoms with Gasteiger partial charge in [-0.1, -0.05) is 34.1 Å². The van der Waals surface area contributed by atoms with Gasteiger partial charge in [0.1, 0.15) is 18.6 Å². The van der Waals surface area contributed by atoms with Crippen molar-refractivity contribution in [2.45, 2.75) is 65.1 Å². The summed E-state index contributed by atoms with van der Waals surface area (Å²) < 4.78 is 0. The number of rotatable bonds is 13. The predicted molar refractivity (Wildman–Crippen MR) is 104 cm³/mol. The number of aliphatic carboxylic acids is 2. The summed E-state index contributed by atoms with van der Waals surface area (Å²) in [7, 11) is 0. The first kappa shape index (κ1) is 26.3. The lowest BCUT2D eigenvalue weighted by atomic mass is 9.96. The maximum absolute atomic E-state index is 12.7. The average Bonchev–Trinajstić information content (AvgIpc) is 2.61. The summed E-state index contributed by atoms with van der Waals surface area (Å²) in [4.78, 5) is 58.7. The van der Waals surface area contributed by atoms with E-state index in [0.717, 1.165) is 0 Å². The Bertz CT molecular complexity index is 609. The Morgan fingerprint density at radius 2 is 1.48 bits per heavy atom. The van der Waals surface area contributed by atoms with Gasteiger partial charge in [0.05, 0.1) is 12.5 Å². The molecule has 3 amide bonds. The molecule has 0 aliphatic carbocycles. The van der Waals surface area contributed by atoms with E-state index >= 15 is 0 Å². The van der Waals surface area contributed by atoms with Crippen molar-refractivity contribution < 1.29 is 34.2 Å². The van der Waals surface area contributed by atoms with E-state index in [2.05, 4.69) is 10.6 Å². The fourth-order valence-electron chi connectivity index (χ4n) is 2.51. The number of nitrogens with one attached hydrogen (secondary N) is 3. The highest BCUT2D eigenvalue weighted by atomic mass is 16.4. The van der Waals surface area contributed by atoms with Crippen LogP contribution < -0.4 is 21.7 Å². The molecule has 166 valence electrons. The van der Waals surface area contributed by atoms with Crippen LogP contribution in [0.25, 0.3) is 0 Å². The molecule has 4 atom stereocenters. The van der Waals surface area contributed by atoms with Gasteiger partial charge < -0.3 is 31.9 Å². The molecule has 0 spiro atoms. The van der Waals surface area contributed by atoms with Crippen molar-refractivity contribution in [2.24, 2.45) is 17.6 Å². The topological polar surface area (TPSA) is 188 Å². The molecule has 11 nitrogen and oxygen atoms in total. The molecule has 0 bridgehead atoms. The smallest absolute Gasteiger partial charge is 0.322 e. The van der Waals surface area contributed by atoms with Gasteiger partial charge >= 0.3 is 11.9 Å². The lowest BCUT2D eigenvalue weighted by molar-refractivity contribution is -0.142. The van der Waals surface area contributed by atoms with Crippen molar-refractivity contribution in [2.75, 3.05) is 6.54 Å². The summed E-state index contributed by atoms with van der Waals surface area (Å²) in [5, 5.41) is 24.5. The molecule has 29 heavy (non-hydrogen) atoms. The van der Waals surface area contributed by atoms with Gasteiger partial charge in [-0.05, 0) is 18.3 Å². The summed E-state index contributed by atoms with van der Waals surface area (Å²) in [6, 6.07) is -3.34. The van der Waals surface area contributed by atoms with E-state index in [-0.39, 0.29) is 11.8 Å². The number of hydrogen-bond acceptors (Lipinski definition) is 6. The third-order valence-electron chi connectivity index (χ3n) is 4.28. The summed E-state index contributed by atoms with van der Waals surface area (Å²) in [5.74, 6) is -5.05. The van der Waals surface area contributed by atoms with Gasteiger partial charge in [-0.15, -0.1) is 0 Å². The normalized spacial score (nSPS) is 15.0. The van der Waals surface area contributed by atoms with Crippen molar-refractivity contribution >= 4 is 29.7 Å². The maximum Gasteiger partial charge on any atom is 0.322 e. The summed E-state index contributed by atoms with van der Waals surface area (Å²) in [5.41, 5.74) is 5.85. The Labute approximate surface area is 169 Å². The highest BCUT2D eigenvalue weighted by Gasteiger charge is 2.32. The number of carbonyl (C=O) groups is 5. The molecule has 0 heterocycles. The van der Waals surface area contributed by atoms with Crippen LogP contribution >= 0.6 is 0 Å². The van der Waals surface area contributed by atoms with Gasteiger partial charge in [-0.25, -0.2) is 0 Å². The fraction of sp³-hybridized carbons (Fsp3) is 0.722. The van der Waals surface area contributed by atoms with Crippen LogP contribution in [-0.2, 0) is 24.0 Å². The molecule has 11 heteroatoms. The average molecular weight is 416 g/mol. The highest BCUT2D eigenvalue weighted by molar-refractivity contribution is 5.95. The minimum Gasteiger partial charge on any atom is -0.481 e. The van der Waals surface area contributed by atoms with E-state index in [1.807, 2.05) is 19.2 Å². The molecule has 4 unspecified atom stereocenters. The van der Waals surface area contributed by atoms with Crippen LogP contribution in [0.1, 0.15) is 47.0 Å². The monoisotopic (exact) mass is 416 g/mol. The predicted octanol–water partition coefficient (Wildman–Crippen LogP) is -0.949. The Kier molecular flexibility index (Phi) is 11.5. The molecule has 0 fully saturated rings. The van der Waals surface area contributed by atoms with Gasteiger partial charge in [0.25, 0.3) is 0 Å². The second-order valence-electron chi connectivity index (χ2n) is 7.38. The van der Waals surface area contributed by atoms with Crippen molar-refractivity contribution in [3.8, 4) is 0 Å². The first-order chi connectivity index (χ1) is 13.4. The van der Waals surface area contributed by atoms with Gasteiger partial charge in [-0.2, -0.15) is 0 Å². The molecule has 0 aliphatic rings. The number of carboxylic acids is 2. The molecular formula is C18H32N4O7. The van der Waals surface area contributed by atoms with E-state index in [1.165, 1.54) is 0 Å². The van der Waals surface area contributed by atoms with E-state index in [4.69, 9.17) is 15.9 Å². The zero-order chi connectivity index (χ0) is 22.7. The third-order valence-corrected chi connectivity index (χ3v) is 4.28. The molecule has 0 radical (unpaired) electrons. The first-order valence-electron chi connectivity index (χ1n) is 9.46. The molecule has 0 aromatic rings. The number of nitrogens with two attached hydrogens (primary N) is 1. The largest absolute Gasteiger partial charge is 0.481 e. The third kappa shape index (κ3) is 10.4. The van der Waals surface area contributed by atoms with Crippen LogP contribution in [0.3, 0.4) is 0 Å². The number of carboxylic acid groups (broad SMARTS) is 2. The summed E-state index contributed by atoms with van der Waals surface area (Å²) in [6.45, 7) is 6.60. The number of carbonyl (C=O) groups excluding carboxylic acids is 3. The number of amides is 3. The molecule has 7 N–H and O–H groups in total. The first-order valence-corrected chi connectivity index (χ1v) is 9.46. The highest BCUT2D eigenvalue weighted by Crippen LogP contribution is 2.10. The quantitative estimate of drug-likeness (QED) is 0.221. The molecule has 0 saturated carbocycles. The Morgan fingerprint density at radius 3 is 1.93 bits per heavy atom. The van der Waals surface area contributed by atoms with Gasteiger partial charge in [0.2, 0.25) is 17.7 Å². The molecule has 0 aliphatic heterocycles. The zero-order valence-corrected chi connectivity index (χ0v) is 17.2. The standard InChI is InChI=1S/C18H32N4O7/c1-5-10(4)15(22-16(27)11(19)6-9(2)3)18(29)21-12(7-13(23)24)17(28)20-8-14(25)26/h9-12,15H,5-8,19H2,1-4H3,(H,20,28)(H,21,29)(H,22,27)(H,23,24)(H,25,26). The van der Waals surface area contributed by atoms with E-state index in [1.54, 1.807) is 13.8 Å². The lowest BCUT2D eigenvalue weighted by Gasteiger charge is -2.27. The molecule has 0 aromatic heterocycles. The molecule has 0 aromatic carbocycles. The van der Waals surface area contributed by atoms with E-state index in [0.29, 0.717) is 12.8 Å². The Balaban J connectivity index is 5.32. The minimum atomic E-state index is -1.49. The molecule has 0 saturated heterocycles. The van der Waals surface area contributed by atoms with Crippen LogP contribution in [0.4, 0.5) is 0 Å². The van der Waals surface area contributed by atoms with Crippen LogP contribution in [0.15, 0.2) is 0 Å². The van der Waals surface area contributed by atoms with Crippen LogP contribution in [-0.4, -0.2) is 64.5 Å². The van der Waals surface area contributed by atoms with Crippen LogP contribution in [0.5, 0.6) is 0 Å². The van der Waals surface area contributed by atoms with Crippen LogP contribution in [0, 0.1) is 11.8 Å². The molecule has 0 rings (SSSR count). The lowest BCUT2D eigenvalue weighted by Crippen LogP contribution is -2.58. The maximum atomic E-state index is 12.7. The van der Waals surface area contributed by atoms with Gasteiger partial charge in [0, 0.05) is 0 Å². The second kappa shape index (κ2) is 12.7. The second-order valence-corrected chi connectivity index (χ2v) is 7.38. The summed E-state index contributed by atoms with van der Waals surface area (Å²) in [6.07, 6.45) is 0.192. The van der Waals surface area contributed by atoms with Crippen molar-refractivity contribution in [3.05, 3.63) is 0 Å². The van der Waals surface area contributed by atoms with Crippen molar-refractivity contribution in [3.63, 3.8) is 0 Å². The Hall–Kier alpha value is -2.69. The molecular weight excluding hydrogens is 384 g/mol. The van der Waals surface area contributed by atoms with Crippen molar-refractivity contribution in [1.82, 2.24) is 16.0 Å². The zero-order valence-electron chi connectivity index (χ0n) is 17.2. The minimum absolute atomic E-state index is 0.171. The van der Waals surface area contributed by atoms with Gasteiger partial charge in [-0.3, -0.25) is 24.0 Å². The SMILES string of the molecule is CCC(C)C(NC(=O)C(N)CC(C)C)C(=O)NC(CC(=O)O)C(=O)NCC(=O)O. The fourth-order valence-corrected chi connectivity index (χ4v) is 2.51. The van der Waals surface area contributed by atoms with E-state index in [9.17, 15) is 24.0 Å². The summed E-state index contributed by atoms with van der Waals surface area (Å²) >= 11 is 0. The Morgan fingerprint density at radius 1 is 0.897 bits per heavy atom. The van der Waals surface area contributed by atoms with Crippen molar-refractivity contribution in [1.29, 1.82) is 0 Å². The van der Waals surface area contributed by atoms with Crippen LogP contribution in [0.2, 0.25) is 0 Å². The van der Waals surface area contributed by atoms with E-state index < -0.39 is 60.8 Å². The van der Waals surface area contributed by atoms with Gasteiger partial charge in [0.15, 0.2) is 0 Å². The number of hydrogen-bond donors (Lipinski definition) is 6.